The minimum Gasteiger partial charge on any atom is -0.386 e. The third-order valence-corrected chi connectivity index (χ3v) is 2.70. The van der Waals surface area contributed by atoms with Gasteiger partial charge in [-0.2, -0.15) is 5.10 Å². The SMILES string of the molecule is CNc1cnccc1C(=O)Nc1c(C)n[nH]c1C. The molecule has 1 amide bonds. The van der Waals surface area contributed by atoms with Gasteiger partial charge in [0.15, 0.2) is 0 Å². The predicted molar refractivity (Wildman–Crippen MR) is 69.8 cm³/mol. The number of carbonyl (C=O) groups is 1. The van der Waals surface area contributed by atoms with E-state index < -0.39 is 0 Å². The Kier molecular flexibility index (Phi) is 3.27. The molecule has 0 aliphatic carbocycles. The number of aryl methyl sites for hydroxylation is 2. The van der Waals surface area contributed by atoms with Crippen molar-refractivity contribution in [3.05, 3.63) is 35.4 Å². The molecule has 18 heavy (non-hydrogen) atoms. The molecule has 0 atom stereocenters. The van der Waals surface area contributed by atoms with Gasteiger partial charge >= 0.3 is 0 Å². The second-order valence-corrected chi connectivity index (χ2v) is 3.93. The molecule has 0 fully saturated rings. The van der Waals surface area contributed by atoms with E-state index in [1.54, 1.807) is 25.5 Å². The molecule has 0 saturated heterocycles. The lowest BCUT2D eigenvalue weighted by atomic mass is 10.2. The van der Waals surface area contributed by atoms with E-state index in [9.17, 15) is 4.79 Å². The Labute approximate surface area is 105 Å². The molecule has 6 heteroatoms. The van der Waals surface area contributed by atoms with Crippen molar-refractivity contribution in [1.29, 1.82) is 0 Å². The number of aromatic nitrogens is 3. The van der Waals surface area contributed by atoms with Gasteiger partial charge in [-0.15, -0.1) is 0 Å². The van der Waals surface area contributed by atoms with Crippen LogP contribution in [0.5, 0.6) is 0 Å². The number of pyridine rings is 1. The van der Waals surface area contributed by atoms with Crippen LogP contribution in [-0.2, 0) is 0 Å². The lowest BCUT2D eigenvalue weighted by Crippen LogP contribution is -2.15. The predicted octanol–water partition coefficient (Wildman–Crippen LogP) is 1.72. The molecule has 2 heterocycles. The summed E-state index contributed by atoms with van der Waals surface area (Å²) in [6.45, 7) is 3.70. The van der Waals surface area contributed by atoms with Crippen molar-refractivity contribution < 1.29 is 4.79 Å². The third kappa shape index (κ3) is 2.17. The average molecular weight is 245 g/mol. The van der Waals surface area contributed by atoms with Gasteiger partial charge in [-0.05, 0) is 19.9 Å². The van der Waals surface area contributed by atoms with Crippen molar-refractivity contribution in [3.63, 3.8) is 0 Å². The monoisotopic (exact) mass is 245 g/mol. The first kappa shape index (κ1) is 12.1. The summed E-state index contributed by atoms with van der Waals surface area (Å²) in [7, 11) is 1.75. The van der Waals surface area contributed by atoms with Crippen LogP contribution in [0.2, 0.25) is 0 Å². The summed E-state index contributed by atoms with van der Waals surface area (Å²) in [4.78, 5) is 16.1. The summed E-state index contributed by atoms with van der Waals surface area (Å²) in [5.74, 6) is -0.186. The molecule has 0 saturated carbocycles. The van der Waals surface area contributed by atoms with E-state index >= 15 is 0 Å². The second-order valence-electron chi connectivity index (χ2n) is 3.93. The number of nitrogens with one attached hydrogen (secondary N) is 3. The first-order chi connectivity index (χ1) is 8.63. The van der Waals surface area contributed by atoms with E-state index in [1.807, 2.05) is 13.8 Å². The maximum absolute atomic E-state index is 12.2. The van der Waals surface area contributed by atoms with Gasteiger partial charge in [0, 0.05) is 13.2 Å². The number of amides is 1. The Balaban J connectivity index is 2.28. The molecule has 0 aliphatic rings. The molecule has 3 N–H and O–H groups in total. The fourth-order valence-corrected chi connectivity index (χ4v) is 1.71. The highest BCUT2D eigenvalue weighted by molar-refractivity contribution is 6.08. The van der Waals surface area contributed by atoms with E-state index in [-0.39, 0.29) is 5.91 Å². The average Bonchev–Trinajstić information content (AvgIpc) is 2.70. The van der Waals surface area contributed by atoms with Crippen LogP contribution in [0.1, 0.15) is 21.7 Å². The van der Waals surface area contributed by atoms with Gasteiger partial charge in [-0.3, -0.25) is 14.9 Å². The lowest BCUT2D eigenvalue weighted by Gasteiger charge is -2.09. The summed E-state index contributed by atoms with van der Waals surface area (Å²) in [5.41, 5.74) is 3.56. The first-order valence-electron chi connectivity index (χ1n) is 5.58. The molecule has 0 unspecified atom stereocenters. The number of rotatable bonds is 3. The molecule has 2 rings (SSSR count). The molecule has 0 spiro atoms. The van der Waals surface area contributed by atoms with Crippen molar-refractivity contribution in [2.75, 3.05) is 17.7 Å². The highest BCUT2D eigenvalue weighted by Crippen LogP contribution is 2.19. The van der Waals surface area contributed by atoms with Crippen LogP contribution in [0, 0.1) is 13.8 Å². The zero-order chi connectivity index (χ0) is 13.1. The quantitative estimate of drug-likeness (QED) is 0.768. The molecule has 0 radical (unpaired) electrons. The number of nitrogens with zero attached hydrogens (tertiary/aromatic N) is 2. The van der Waals surface area contributed by atoms with Crippen LogP contribution >= 0.6 is 0 Å². The van der Waals surface area contributed by atoms with E-state index in [2.05, 4.69) is 25.8 Å². The summed E-state index contributed by atoms with van der Waals surface area (Å²) in [6.07, 6.45) is 3.20. The molecular weight excluding hydrogens is 230 g/mol. The van der Waals surface area contributed by atoms with Crippen LogP contribution < -0.4 is 10.6 Å². The molecule has 2 aromatic heterocycles. The topological polar surface area (TPSA) is 82.7 Å². The number of hydrogen-bond donors (Lipinski definition) is 3. The zero-order valence-electron chi connectivity index (χ0n) is 10.5. The largest absolute Gasteiger partial charge is 0.386 e. The summed E-state index contributed by atoms with van der Waals surface area (Å²) >= 11 is 0. The van der Waals surface area contributed by atoms with Crippen molar-refractivity contribution in [3.8, 4) is 0 Å². The van der Waals surface area contributed by atoms with Crippen molar-refractivity contribution >= 4 is 17.3 Å². The normalized spacial score (nSPS) is 10.2. The van der Waals surface area contributed by atoms with Gasteiger partial charge in [0.25, 0.3) is 5.91 Å². The van der Waals surface area contributed by atoms with E-state index in [4.69, 9.17) is 0 Å². The zero-order valence-corrected chi connectivity index (χ0v) is 10.5. The van der Waals surface area contributed by atoms with Crippen molar-refractivity contribution in [2.45, 2.75) is 13.8 Å². The van der Waals surface area contributed by atoms with Crippen LogP contribution in [0.4, 0.5) is 11.4 Å². The Morgan fingerprint density at radius 1 is 1.39 bits per heavy atom. The van der Waals surface area contributed by atoms with Crippen LogP contribution in [0.25, 0.3) is 0 Å². The van der Waals surface area contributed by atoms with Gasteiger partial charge in [0.05, 0.1) is 34.5 Å². The van der Waals surface area contributed by atoms with Gasteiger partial charge in [-0.25, -0.2) is 0 Å². The van der Waals surface area contributed by atoms with Gasteiger partial charge in [0.2, 0.25) is 0 Å². The van der Waals surface area contributed by atoms with Crippen LogP contribution in [0.15, 0.2) is 18.5 Å². The van der Waals surface area contributed by atoms with Crippen LogP contribution in [-0.4, -0.2) is 28.1 Å². The van der Waals surface area contributed by atoms with Crippen LogP contribution in [0.3, 0.4) is 0 Å². The molecular formula is C12H15N5O. The highest BCUT2D eigenvalue weighted by Gasteiger charge is 2.14. The van der Waals surface area contributed by atoms with Crippen molar-refractivity contribution in [2.24, 2.45) is 0 Å². The molecule has 6 nitrogen and oxygen atoms in total. The summed E-state index contributed by atoms with van der Waals surface area (Å²) in [6, 6.07) is 1.67. The van der Waals surface area contributed by atoms with Gasteiger partial charge in [0.1, 0.15) is 0 Å². The molecule has 2 aromatic rings. The highest BCUT2D eigenvalue weighted by atomic mass is 16.1. The Morgan fingerprint density at radius 2 is 2.17 bits per heavy atom. The number of hydrogen-bond acceptors (Lipinski definition) is 4. The summed E-state index contributed by atoms with van der Waals surface area (Å²) in [5, 5.41) is 12.7. The fraction of sp³-hybridized carbons (Fsp3) is 0.250. The summed E-state index contributed by atoms with van der Waals surface area (Å²) < 4.78 is 0. The second kappa shape index (κ2) is 4.87. The number of aromatic amines is 1. The smallest absolute Gasteiger partial charge is 0.257 e. The third-order valence-electron chi connectivity index (χ3n) is 2.70. The fourth-order valence-electron chi connectivity index (χ4n) is 1.71. The van der Waals surface area contributed by atoms with E-state index in [0.29, 0.717) is 11.3 Å². The Bertz CT molecular complexity index is 556. The number of carbonyl (C=O) groups excluding carboxylic acids is 1. The van der Waals surface area contributed by atoms with E-state index in [1.165, 1.54) is 0 Å². The minimum atomic E-state index is -0.186. The number of anilines is 2. The minimum absolute atomic E-state index is 0.186. The van der Waals surface area contributed by atoms with Gasteiger partial charge in [-0.1, -0.05) is 0 Å². The molecule has 0 bridgehead atoms. The number of H-pyrrole nitrogens is 1. The maximum atomic E-state index is 12.2. The standard InChI is InChI=1S/C12H15N5O/c1-7-11(8(2)17-16-7)15-12(18)9-4-5-14-6-10(9)13-3/h4-6,13H,1-3H3,(H,15,18)(H,16,17). The van der Waals surface area contributed by atoms with Crippen molar-refractivity contribution in [1.82, 2.24) is 15.2 Å². The first-order valence-corrected chi connectivity index (χ1v) is 5.58. The maximum Gasteiger partial charge on any atom is 0.257 e. The van der Waals surface area contributed by atoms with Gasteiger partial charge < -0.3 is 10.6 Å². The Hall–Kier alpha value is -2.37. The molecule has 0 aromatic carbocycles. The van der Waals surface area contributed by atoms with E-state index in [0.717, 1.165) is 17.1 Å². The Morgan fingerprint density at radius 3 is 2.78 bits per heavy atom. The molecule has 94 valence electrons. The molecule has 0 aliphatic heterocycles. The lowest BCUT2D eigenvalue weighted by molar-refractivity contribution is 0.102.